The molecule has 0 unspecified atom stereocenters. The van der Waals surface area contributed by atoms with Crippen molar-refractivity contribution in [2.24, 2.45) is 11.1 Å². The molecule has 0 radical (unpaired) electrons. The summed E-state index contributed by atoms with van der Waals surface area (Å²) < 4.78 is 2.09. The molecule has 2 aromatic rings. The van der Waals surface area contributed by atoms with Gasteiger partial charge < -0.3 is 10.1 Å². The number of nitrogens with two attached hydrogens (primary N) is 1. The minimum Gasteiger partial charge on any atom is -0.325 e. The van der Waals surface area contributed by atoms with Crippen molar-refractivity contribution in [2.75, 3.05) is 13.1 Å². The van der Waals surface area contributed by atoms with Crippen molar-refractivity contribution in [1.82, 2.24) is 14.3 Å². The molecule has 1 aliphatic heterocycles. The summed E-state index contributed by atoms with van der Waals surface area (Å²) in [6.45, 7) is 8.67. The molecule has 0 bridgehead atoms. The van der Waals surface area contributed by atoms with Crippen LogP contribution >= 0.6 is 37.2 Å². The lowest BCUT2D eigenvalue weighted by Gasteiger charge is -2.36. The van der Waals surface area contributed by atoms with Gasteiger partial charge in [-0.2, -0.15) is 0 Å². The number of nitrogens with zero attached hydrogens (tertiary/aromatic N) is 3. The second-order valence-corrected chi connectivity index (χ2v) is 6.68. The molecule has 0 aliphatic carbocycles. The number of pyridine rings is 1. The van der Waals surface area contributed by atoms with Crippen molar-refractivity contribution >= 4 is 42.9 Å². The normalized spacial score (nSPS) is 17.0. The third-order valence-corrected chi connectivity index (χ3v) is 4.39. The zero-order valence-electron chi connectivity index (χ0n) is 13.7. The van der Waals surface area contributed by atoms with Gasteiger partial charge in [-0.05, 0) is 43.0 Å². The highest BCUT2D eigenvalue weighted by Gasteiger charge is 2.25. The third-order valence-electron chi connectivity index (χ3n) is 4.39. The summed E-state index contributed by atoms with van der Waals surface area (Å²) in [5.74, 6) is 0. The topological polar surface area (TPSA) is 46.6 Å². The molecule has 132 valence electrons. The van der Waals surface area contributed by atoms with Gasteiger partial charge in [0.15, 0.2) is 0 Å². The molecule has 4 nitrogen and oxygen atoms in total. The molecule has 1 aliphatic rings. The molecule has 3 rings (SSSR count). The van der Waals surface area contributed by atoms with Crippen molar-refractivity contribution < 1.29 is 0 Å². The predicted molar refractivity (Wildman–Crippen MR) is 103 cm³/mol. The molecule has 2 N–H and O–H groups in total. The molecular formula is C16H27Cl3N4. The number of imidazole rings is 1. The number of aromatic nitrogens is 2. The van der Waals surface area contributed by atoms with Crippen LogP contribution < -0.4 is 5.73 Å². The molecule has 0 aromatic carbocycles. The Morgan fingerprint density at radius 3 is 2.35 bits per heavy atom. The van der Waals surface area contributed by atoms with E-state index in [0.717, 1.165) is 17.9 Å². The van der Waals surface area contributed by atoms with E-state index < -0.39 is 0 Å². The van der Waals surface area contributed by atoms with Crippen LogP contribution in [0, 0.1) is 5.41 Å². The summed E-state index contributed by atoms with van der Waals surface area (Å²) in [6, 6.07) is 4.27. The second kappa shape index (κ2) is 9.09. The molecule has 2 aromatic heterocycles. The number of rotatable bonds is 3. The molecule has 0 spiro atoms. The van der Waals surface area contributed by atoms with Gasteiger partial charge in [-0.15, -0.1) is 37.2 Å². The molecule has 0 amide bonds. The average molecular weight is 382 g/mol. The number of hydrogen-bond donors (Lipinski definition) is 1. The van der Waals surface area contributed by atoms with Crippen LogP contribution in [0.1, 0.15) is 37.9 Å². The summed E-state index contributed by atoms with van der Waals surface area (Å²) in [5, 5.41) is 0. The van der Waals surface area contributed by atoms with Crippen molar-refractivity contribution in [3.05, 3.63) is 35.8 Å². The maximum absolute atomic E-state index is 5.64. The van der Waals surface area contributed by atoms with Crippen LogP contribution in [-0.2, 0) is 13.1 Å². The van der Waals surface area contributed by atoms with Crippen molar-refractivity contribution in [1.29, 1.82) is 0 Å². The van der Waals surface area contributed by atoms with Crippen LogP contribution in [0.15, 0.2) is 24.5 Å². The lowest BCUT2D eigenvalue weighted by atomic mass is 9.82. The number of likely N-dealkylation sites (tertiary alicyclic amines) is 1. The van der Waals surface area contributed by atoms with Gasteiger partial charge in [0.1, 0.15) is 5.65 Å². The van der Waals surface area contributed by atoms with Gasteiger partial charge in [-0.25, -0.2) is 4.98 Å². The van der Waals surface area contributed by atoms with Crippen molar-refractivity contribution in [3.63, 3.8) is 0 Å². The lowest BCUT2D eigenvalue weighted by Crippen LogP contribution is -2.36. The highest BCUT2D eigenvalue weighted by molar-refractivity contribution is 5.86. The number of halogens is 3. The molecule has 3 heterocycles. The van der Waals surface area contributed by atoms with Crippen LogP contribution in [-0.4, -0.2) is 27.4 Å². The molecule has 0 atom stereocenters. The molecule has 7 heteroatoms. The average Bonchev–Trinajstić information content (AvgIpc) is 2.83. The molecular weight excluding hydrogens is 355 g/mol. The van der Waals surface area contributed by atoms with E-state index in [1.54, 1.807) is 0 Å². The fourth-order valence-electron chi connectivity index (χ4n) is 2.86. The Morgan fingerprint density at radius 1 is 1.09 bits per heavy atom. The van der Waals surface area contributed by atoms with E-state index >= 15 is 0 Å². The van der Waals surface area contributed by atoms with Crippen molar-refractivity contribution in [3.8, 4) is 0 Å². The second-order valence-electron chi connectivity index (χ2n) is 6.68. The van der Waals surface area contributed by atoms with Crippen LogP contribution in [0.25, 0.3) is 5.65 Å². The van der Waals surface area contributed by atoms with Crippen LogP contribution in [0.2, 0.25) is 0 Å². The fraction of sp³-hybridized carbons (Fsp3) is 0.562. The Bertz CT molecular complexity index is 602. The summed E-state index contributed by atoms with van der Waals surface area (Å²) in [4.78, 5) is 7.01. The lowest BCUT2D eigenvalue weighted by molar-refractivity contribution is 0.127. The maximum Gasteiger partial charge on any atom is 0.137 e. The Morgan fingerprint density at radius 2 is 1.74 bits per heavy atom. The highest BCUT2D eigenvalue weighted by atomic mass is 35.5. The van der Waals surface area contributed by atoms with Gasteiger partial charge in [0.2, 0.25) is 0 Å². The molecule has 23 heavy (non-hydrogen) atoms. The van der Waals surface area contributed by atoms with E-state index in [1.807, 2.05) is 6.20 Å². The van der Waals surface area contributed by atoms with Crippen molar-refractivity contribution in [2.45, 2.75) is 39.8 Å². The van der Waals surface area contributed by atoms with Gasteiger partial charge >= 0.3 is 0 Å². The van der Waals surface area contributed by atoms with Gasteiger partial charge in [0.05, 0.1) is 5.69 Å². The first-order valence-electron chi connectivity index (χ1n) is 7.45. The van der Waals surface area contributed by atoms with Crippen LogP contribution in [0.4, 0.5) is 0 Å². The Balaban J connectivity index is 0.00000161. The first kappa shape index (κ1) is 22.5. The van der Waals surface area contributed by atoms with E-state index in [1.165, 1.54) is 31.5 Å². The Hall–Kier alpha value is -0.520. The number of piperidine rings is 1. The molecule has 1 saturated heterocycles. The predicted octanol–water partition coefficient (Wildman–Crippen LogP) is 3.68. The van der Waals surface area contributed by atoms with E-state index in [0.29, 0.717) is 12.0 Å². The van der Waals surface area contributed by atoms with Gasteiger partial charge in [0.25, 0.3) is 0 Å². The summed E-state index contributed by atoms with van der Waals surface area (Å²) in [5.41, 5.74) is 9.43. The smallest absolute Gasteiger partial charge is 0.137 e. The zero-order chi connectivity index (χ0) is 14.2. The molecule has 1 fully saturated rings. The minimum absolute atomic E-state index is 0. The monoisotopic (exact) mass is 380 g/mol. The zero-order valence-corrected chi connectivity index (χ0v) is 16.1. The van der Waals surface area contributed by atoms with Crippen LogP contribution in [0.5, 0.6) is 0 Å². The van der Waals surface area contributed by atoms with Gasteiger partial charge in [-0.1, -0.05) is 19.9 Å². The Kier molecular flexibility index (Phi) is 8.89. The first-order valence-corrected chi connectivity index (χ1v) is 7.45. The number of fused-ring (bicyclic) bond motifs is 1. The summed E-state index contributed by atoms with van der Waals surface area (Å²) >= 11 is 0. The fourth-order valence-corrected chi connectivity index (χ4v) is 2.86. The standard InChI is InChI=1S/C16H24N4.3ClH/c1-16(2)5-7-19(8-6-16)10-13-3-4-15-18-14(9-17)12-20(15)11-13;;;/h3-4,11-12H,5-10,17H2,1-2H3;3*1H. The third kappa shape index (κ3) is 5.50. The Labute approximate surface area is 157 Å². The minimum atomic E-state index is 0. The van der Waals surface area contributed by atoms with Crippen LogP contribution in [0.3, 0.4) is 0 Å². The highest BCUT2D eigenvalue weighted by Crippen LogP contribution is 2.30. The summed E-state index contributed by atoms with van der Waals surface area (Å²) in [6.07, 6.45) is 6.79. The van der Waals surface area contributed by atoms with E-state index in [9.17, 15) is 0 Å². The first-order chi connectivity index (χ1) is 9.55. The summed E-state index contributed by atoms with van der Waals surface area (Å²) in [7, 11) is 0. The quantitative estimate of drug-likeness (QED) is 0.882. The SMILES string of the molecule is CC1(C)CCN(Cc2ccc3nc(CN)cn3c2)CC1.Cl.Cl.Cl. The molecule has 0 saturated carbocycles. The van der Waals surface area contributed by atoms with E-state index in [-0.39, 0.29) is 37.2 Å². The van der Waals surface area contributed by atoms with Gasteiger partial charge in [0, 0.05) is 25.5 Å². The largest absolute Gasteiger partial charge is 0.325 e. The van der Waals surface area contributed by atoms with E-state index in [4.69, 9.17) is 5.73 Å². The number of hydrogen-bond acceptors (Lipinski definition) is 3. The van der Waals surface area contributed by atoms with E-state index in [2.05, 4.69) is 46.5 Å². The van der Waals surface area contributed by atoms with Gasteiger partial charge in [-0.3, -0.25) is 4.90 Å². The maximum atomic E-state index is 5.64.